The number of nitrogens with zero attached hydrogens (tertiary/aromatic N) is 1. The predicted octanol–water partition coefficient (Wildman–Crippen LogP) is 3.64. The highest BCUT2D eigenvalue weighted by molar-refractivity contribution is 5.87. The summed E-state index contributed by atoms with van der Waals surface area (Å²) in [6, 6.07) is 12.2. The van der Waals surface area contributed by atoms with E-state index in [1.165, 1.54) is 37.8 Å². The van der Waals surface area contributed by atoms with Gasteiger partial charge in [0.05, 0.1) is 6.54 Å². The Morgan fingerprint density at radius 1 is 1.00 bits per heavy atom. The minimum atomic E-state index is -0.770. The minimum Gasteiger partial charge on any atom is -0.457 e. The van der Waals surface area contributed by atoms with Crippen LogP contribution in [0.3, 0.4) is 0 Å². The number of carbonyl (C=O) groups is 2. The lowest BCUT2D eigenvalue weighted by molar-refractivity contribution is -0.128. The molecule has 1 saturated heterocycles. The maximum Gasteiger partial charge on any atom is 0.240 e. The molecule has 2 aromatic carbocycles. The van der Waals surface area contributed by atoms with Crippen LogP contribution in [0.25, 0.3) is 0 Å². The number of nitrogens with two attached hydrogens (primary N) is 1. The molecule has 1 saturated carbocycles. The van der Waals surface area contributed by atoms with Crippen LogP contribution in [0.4, 0.5) is 4.39 Å². The van der Waals surface area contributed by atoms with Gasteiger partial charge < -0.3 is 15.8 Å². The first-order chi connectivity index (χ1) is 16.0. The minimum absolute atomic E-state index is 0.163. The van der Waals surface area contributed by atoms with Gasteiger partial charge in [0, 0.05) is 13.0 Å². The van der Waals surface area contributed by atoms with Crippen molar-refractivity contribution in [2.75, 3.05) is 19.6 Å². The zero-order valence-electron chi connectivity index (χ0n) is 18.8. The van der Waals surface area contributed by atoms with Gasteiger partial charge in [0.2, 0.25) is 11.8 Å². The van der Waals surface area contributed by atoms with Gasteiger partial charge in [-0.3, -0.25) is 14.5 Å². The molecule has 4 rings (SSSR count). The lowest BCUT2D eigenvalue weighted by Crippen LogP contribution is -2.51. The lowest BCUT2D eigenvalue weighted by Gasteiger charge is -2.41. The summed E-state index contributed by atoms with van der Waals surface area (Å²) in [5.41, 5.74) is 6.43. The highest BCUT2D eigenvalue weighted by Gasteiger charge is 2.32. The van der Waals surface area contributed by atoms with Crippen molar-refractivity contribution in [1.29, 1.82) is 0 Å². The smallest absolute Gasteiger partial charge is 0.240 e. The lowest BCUT2D eigenvalue weighted by atomic mass is 9.75. The van der Waals surface area contributed by atoms with E-state index >= 15 is 0 Å². The van der Waals surface area contributed by atoms with Gasteiger partial charge in [-0.1, -0.05) is 31.4 Å². The van der Waals surface area contributed by atoms with Crippen molar-refractivity contribution in [3.05, 3.63) is 59.9 Å². The molecule has 1 heterocycles. The molecule has 7 heteroatoms. The summed E-state index contributed by atoms with van der Waals surface area (Å²) in [4.78, 5) is 26.9. The molecule has 2 aromatic rings. The average Bonchev–Trinajstić information content (AvgIpc) is 2.81. The van der Waals surface area contributed by atoms with E-state index in [4.69, 9.17) is 10.5 Å². The molecule has 1 aliphatic heterocycles. The highest BCUT2D eigenvalue weighted by atomic mass is 19.1. The normalized spacial score (nSPS) is 21.6. The zero-order chi connectivity index (χ0) is 23.2. The standard InChI is InChI=1S/C26H32FN3O3/c27-21-7-11-23(12-8-21)33-22-9-5-18(6-10-22)15-24(26(28)32)29-25(31)17-30-14-13-19-3-1-2-4-20(19)16-30/h5-12,19-20,24H,1-4,13-17H2,(H2,28,32)(H,29,31). The Kier molecular flexibility index (Phi) is 7.60. The van der Waals surface area contributed by atoms with Crippen LogP contribution in [-0.2, 0) is 16.0 Å². The average molecular weight is 454 g/mol. The number of likely N-dealkylation sites (tertiary alicyclic amines) is 1. The van der Waals surface area contributed by atoms with E-state index in [0.717, 1.165) is 31.0 Å². The summed E-state index contributed by atoms with van der Waals surface area (Å²) in [6.45, 7) is 2.21. The molecule has 0 bridgehead atoms. The second-order valence-corrected chi connectivity index (χ2v) is 9.25. The Labute approximate surface area is 194 Å². The number of hydrogen-bond donors (Lipinski definition) is 2. The number of benzene rings is 2. The van der Waals surface area contributed by atoms with Gasteiger partial charge >= 0.3 is 0 Å². The molecular formula is C26H32FN3O3. The van der Waals surface area contributed by atoms with Gasteiger partial charge in [-0.25, -0.2) is 4.39 Å². The number of rotatable bonds is 8. The third-order valence-electron chi connectivity index (χ3n) is 6.83. The Morgan fingerprint density at radius 2 is 1.64 bits per heavy atom. The van der Waals surface area contributed by atoms with E-state index < -0.39 is 11.9 Å². The van der Waals surface area contributed by atoms with Gasteiger partial charge in [-0.2, -0.15) is 0 Å². The first-order valence-corrected chi connectivity index (χ1v) is 11.8. The third-order valence-corrected chi connectivity index (χ3v) is 6.83. The van der Waals surface area contributed by atoms with Gasteiger partial charge in [0.25, 0.3) is 0 Å². The maximum atomic E-state index is 13.0. The number of fused-ring (bicyclic) bond motifs is 1. The van der Waals surface area contributed by atoms with Crippen molar-refractivity contribution < 1.29 is 18.7 Å². The van der Waals surface area contributed by atoms with Crippen molar-refractivity contribution in [3.8, 4) is 11.5 Å². The zero-order valence-corrected chi connectivity index (χ0v) is 18.8. The number of piperidine rings is 1. The van der Waals surface area contributed by atoms with Crippen molar-refractivity contribution in [2.24, 2.45) is 17.6 Å². The van der Waals surface area contributed by atoms with Gasteiger partial charge in [0.15, 0.2) is 0 Å². The second kappa shape index (κ2) is 10.8. The van der Waals surface area contributed by atoms with E-state index in [9.17, 15) is 14.0 Å². The Bertz CT molecular complexity index is 948. The maximum absolute atomic E-state index is 13.0. The van der Waals surface area contributed by atoms with E-state index in [1.54, 1.807) is 24.3 Å². The first-order valence-electron chi connectivity index (χ1n) is 11.8. The number of halogens is 1. The first kappa shape index (κ1) is 23.2. The molecule has 1 aliphatic carbocycles. The fourth-order valence-corrected chi connectivity index (χ4v) is 5.05. The van der Waals surface area contributed by atoms with Crippen LogP contribution in [0.15, 0.2) is 48.5 Å². The van der Waals surface area contributed by atoms with Crippen molar-refractivity contribution in [1.82, 2.24) is 10.2 Å². The number of primary amides is 1. The van der Waals surface area contributed by atoms with Gasteiger partial charge in [-0.05, 0) is 73.2 Å². The van der Waals surface area contributed by atoms with Crippen LogP contribution in [0.1, 0.15) is 37.7 Å². The Hall–Kier alpha value is -2.93. The van der Waals surface area contributed by atoms with Crippen molar-refractivity contribution >= 4 is 11.8 Å². The summed E-state index contributed by atoms with van der Waals surface area (Å²) in [5.74, 6) is 1.59. The number of ether oxygens (including phenoxy) is 1. The fraction of sp³-hybridized carbons (Fsp3) is 0.462. The summed E-state index contributed by atoms with van der Waals surface area (Å²) < 4.78 is 18.7. The quantitative estimate of drug-likeness (QED) is 0.639. The Morgan fingerprint density at radius 3 is 2.30 bits per heavy atom. The molecule has 0 aromatic heterocycles. The van der Waals surface area contributed by atoms with Gasteiger partial charge in [-0.15, -0.1) is 0 Å². The topological polar surface area (TPSA) is 84.7 Å². The predicted molar refractivity (Wildman–Crippen MR) is 124 cm³/mol. The summed E-state index contributed by atoms with van der Waals surface area (Å²) in [7, 11) is 0. The van der Waals surface area contributed by atoms with Crippen molar-refractivity contribution in [3.63, 3.8) is 0 Å². The van der Waals surface area contributed by atoms with Crippen LogP contribution in [0.5, 0.6) is 11.5 Å². The molecule has 6 nitrogen and oxygen atoms in total. The molecular weight excluding hydrogens is 421 g/mol. The van der Waals surface area contributed by atoms with E-state index in [2.05, 4.69) is 10.2 Å². The molecule has 176 valence electrons. The van der Waals surface area contributed by atoms with Gasteiger partial charge in [0.1, 0.15) is 23.4 Å². The molecule has 33 heavy (non-hydrogen) atoms. The SMILES string of the molecule is NC(=O)C(Cc1ccc(Oc2ccc(F)cc2)cc1)NC(=O)CN1CCC2CCCCC2C1. The molecule has 3 unspecified atom stereocenters. The van der Waals surface area contributed by atoms with Crippen LogP contribution in [-0.4, -0.2) is 42.4 Å². The largest absolute Gasteiger partial charge is 0.457 e. The van der Waals surface area contributed by atoms with Crippen LogP contribution in [0.2, 0.25) is 0 Å². The molecule has 0 spiro atoms. The van der Waals surface area contributed by atoms with Crippen LogP contribution >= 0.6 is 0 Å². The highest BCUT2D eigenvalue weighted by Crippen LogP contribution is 2.35. The van der Waals surface area contributed by atoms with Crippen LogP contribution < -0.4 is 15.8 Å². The summed E-state index contributed by atoms with van der Waals surface area (Å²) >= 11 is 0. The molecule has 3 N–H and O–H groups in total. The molecule has 2 amide bonds. The van der Waals surface area contributed by atoms with E-state index in [1.807, 2.05) is 12.1 Å². The summed E-state index contributed by atoms with van der Waals surface area (Å²) in [6.07, 6.45) is 6.67. The number of nitrogens with one attached hydrogen (secondary N) is 1. The van der Waals surface area contributed by atoms with Crippen LogP contribution in [0, 0.1) is 17.7 Å². The Balaban J connectivity index is 1.28. The molecule has 2 aliphatic rings. The molecule has 3 atom stereocenters. The second-order valence-electron chi connectivity index (χ2n) is 9.25. The molecule has 2 fully saturated rings. The number of carbonyl (C=O) groups excluding carboxylic acids is 2. The number of amides is 2. The summed E-state index contributed by atoms with van der Waals surface area (Å²) in [5, 5.41) is 2.82. The fourth-order valence-electron chi connectivity index (χ4n) is 5.05. The van der Waals surface area contributed by atoms with Crippen molar-refractivity contribution in [2.45, 2.75) is 44.6 Å². The monoisotopic (exact) mass is 453 g/mol. The third kappa shape index (κ3) is 6.54. The van der Waals surface area contributed by atoms with E-state index in [-0.39, 0.29) is 11.7 Å². The van der Waals surface area contributed by atoms with E-state index in [0.29, 0.717) is 30.4 Å². The number of hydrogen-bond acceptors (Lipinski definition) is 4. The molecule has 0 radical (unpaired) electrons.